The summed E-state index contributed by atoms with van der Waals surface area (Å²) >= 11 is 0. The average Bonchev–Trinajstić information content (AvgIpc) is 2.72. The molecule has 148 valence electrons. The molecule has 0 unspecified atom stereocenters. The molecule has 29 heavy (non-hydrogen) atoms. The van der Waals surface area contributed by atoms with Gasteiger partial charge in [0.25, 0.3) is 5.91 Å². The van der Waals surface area contributed by atoms with Crippen LogP contribution in [0.3, 0.4) is 0 Å². The van der Waals surface area contributed by atoms with Gasteiger partial charge in [0.1, 0.15) is 23.7 Å². The summed E-state index contributed by atoms with van der Waals surface area (Å²) in [4.78, 5) is 13.0. The molecule has 1 aliphatic rings. The first-order valence-electron chi connectivity index (χ1n) is 9.86. The Hall–Kier alpha value is -3.27. The van der Waals surface area contributed by atoms with E-state index in [-0.39, 0.29) is 17.6 Å². The van der Waals surface area contributed by atoms with Crippen molar-refractivity contribution in [2.24, 2.45) is 0 Å². The maximum atomic E-state index is 13.0. The second kappa shape index (κ2) is 8.00. The molecular formula is C25H25NO3. The van der Waals surface area contributed by atoms with Gasteiger partial charge in [-0.05, 0) is 43.7 Å². The van der Waals surface area contributed by atoms with Crippen molar-refractivity contribution in [3.63, 3.8) is 0 Å². The Bertz CT molecular complexity index is 998. The minimum Gasteiger partial charge on any atom is -0.489 e. The van der Waals surface area contributed by atoms with E-state index in [1.807, 2.05) is 80.6 Å². The predicted octanol–water partition coefficient (Wildman–Crippen LogP) is 5.30. The second-order valence-electron chi connectivity index (χ2n) is 7.93. The van der Waals surface area contributed by atoms with Crippen LogP contribution in [0.25, 0.3) is 0 Å². The maximum absolute atomic E-state index is 13.0. The number of amides is 1. The highest BCUT2D eigenvalue weighted by molar-refractivity contribution is 5.94. The third kappa shape index (κ3) is 4.60. The monoisotopic (exact) mass is 387 g/mol. The van der Waals surface area contributed by atoms with E-state index in [0.717, 1.165) is 16.9 Å². The topological polar surface area (TPSA) is 47.6 Å². The fourth-order valence-corrected chi connectivity index (χ4v) is 3.64. The molecular weight excluding hydrogens is 362 g/mol. The SMILES string of the molecule is CC1(C)C[C@H](NC(=O)c2cccc(OCc3ccccc3)c2)c2ccccc2O1. The van der Waals surface area contributed by atoms with Gasteiger partial charge in [-0.2, -0.15) is 0 Å². The van der Waals surface area contributed by atoms with Crippen molar-refractivity contribution in [3.8, 4) is 11.5 Å². The lowest BCUT2D eigenvalue weighted by Gasteiger charge is -2.37. The van der Waals surface area contributed by atoms with Gasteiger partial charge in [0.15, 0.2) is 0 Å². The van der Waals surface area contributed by atoms with Crippen LogP contribution < -0.4 is 14.8 Å². The molecule has 3 aromatic rings. The van der Waals surface area contributed by atoms with Gasteiger partial charge in [-0.1, -0.05) is 54.6 Å². The molecule has 1 amide bonds. The first kappa shape index (κ1) is 19.1. The molecule has 3 aromatic carbocycles. The lowest BCUT2D eigenvalue weighted by molar-refractivity contribution is 0.0619. The number of hydrogen-bond donors (Lipinski definition) is 1. The van der Waals surface area contributed by atoms with Gasteiger partial charge in [-0.25, -0.2) is 0 Å². The summed E-state index contributed by atoms with van der Waals surface area (Å²) in [6, 6.07) is 25.1. The summed E-state index contributed by atoms with van der Waals surface area (Å²) in [6.45, 7) is 4.55. The van der Waals surface area contributed by atoms with Crippen LogP contribution in [-0.2, 0) is 6.61 Å². The fraction of sp³-hybridized carbons (Fsp3) is 0.240. The van der Waals surface area contributed by atoms with Crippen molar-refractivity contribution < 1.29 is 14.3 Å². The van der Waals surface area contributed by atoms with Gasteiger partial charge in [0.05, 0.1) is 6.04 Å². The van der Waals surface area contributed by atoms with Crippen molar-refractivity contribution in [1.29, 1.82) is 0 Å². The molecule has 4 heteroatoms. The average molecular weight is 387 g/mol. The van der Waals surface area contributed by atoms with Crippen LogP contribution in [0.2, 0.25) is 0 Å². The highest BCUT2D eigenvalue weighted by Crippen LogP contribution is 2.39. The van der Waals surface area contributed by atoms with Gasteiger partial charge in [0, 0.05) is 17.5 Å². The molecule has 0 aromatic heterocycles. The van der Waals surface area contributed by atoms with Crippen molar-refractivity contribution in [2.45, 2.75) is 38.5 Å². The summed E-state index contributed by atoms with van der Waals surface area (Å²) in [5.41, 5.74) is 2.34. The lowest BCUT2D eigenvalue weighted by Crippen LogP contribution is -2.41. The molecule has 4 nitrogen and oxygen atoms in total. The van der Waals surface area contributed by atoms with Gasteiger partial charge < -0.3 is 14.8 Å². The van der Waals surface area contributed by atoms with E-state index in [9.17, 15) is 4.79 Å². The van der Waals surface area contributed by atoms with Gasteiger partial charge in [0.2, 0.25) is 0 Å². The normalized spacial score (nSPS) is 17.0. The van der Waals surface area contributed by atoms with Crippen LogP contribution in [0, 0.1) is 0 Å². The number of benzene rings is 3. The quantitative estimate of drug-likeness (QED) is 0.646. The Morgan fingerprint density at radius 2 is 1.79 bits per heavy atom. The Labute approximate surface area is 171 Å². The standard InChI is InChI=1S/C25H25NO3/c1-25(2)16-22(21-13-6-7-14-23(21)29-25)26-24(27)19-11-8-12-20(15-19)28-17-18-9-4-3-5-10-18/h3-15,22H,16-17H2,1-2H3,(H,26,27)/t22-/m0/s1. The summed E-state index contributed by atoms with van der Waals surface area (Å²) in [5.74, 6) is 1.39. The van der Waals surface area contributed by atoms with Crippen LogP contribution in [0.4, 0.5) is 0 Å². The first-order valence-corrected chi connectivity index (χ1v) is 9.86. The molecule has 0 aliphatic carbocycles. The molecule has 1 atom stereocenters. The van der Waals surface area contributed by atoms with Crippen LogP contribution in [0.1, 0.15) is 47.8 Å². The molecule has 0 fully saturated rings. The van der Waals surface area contributed by atoms with Crippen LogP contribution in [0.15, 0.2) is 78.9 Å². The number of nitrogens with one attached hydrogen (secondary N) is 1. The van der Waals surface area contributed by atoms with Crippen molar-refractivity contribution >= 4 is 5.91 Å². The summed E-state index contributed by atoms with van der Waals surface area (Å²) in [6.07, 6.45) is 0.708. The summed E-state index contributed by atoms with van der Waals surface area (Å²) in [5, 5.41) is 3.17. The number of rotatable bonds is 5. The summed E-state index contributed by atoms with van der Waals surface area (Å²) in [7, 11) is 0. The molecule has 4 rings (SSSR count). The lowest BCUT2D eigenvalue weighted by atomic mass is 9.89. The number of ether oxygens (including phenoxy) is 2. The smallest absolute Gasteiger partial charge is 0.251 e. The highest BCUT2D eigenvalue weighted by Gasteiger charge is 2.34. The zero-order valence-corrected chi connectivity index (χ0v) is 16.7. The number of carbonyl (C=O) groups is 1. The Morgan fingerprint density at radius 1 is 1.03 bits per heavy atom. The van der Waals surface area contributed by atoms with Gasteiger partial charge in [-0.3, -0.25) is 4.79 Å². The Morgan fingerprint density at radius 3 is 2.62 bits per heavy atom. The number of carbonyl (C=O) groups excluding carboxylic acids is 1. The van der Waals surface area contributed by atoms with Crippen molar-refractivity contribution in [1.82, 2.24) is 5.32 Å². The third-order valence-corrected chi connectivity index (χ3v) is 5.03. The molecule has 1 N–H and O–H groups in total. The summed E-state index contributed by atoms with van der Waals surface area (Å²) < 4.78 is 11.9. The molecule has 1 aliphatic heterocycles. The number of hydrogen-bond acceptors (Lipinski definition) is 3. The molecule has 0 spiro atoms. The second-order valence-corrected chi connectivity index (χ2v) is 7.93. The molecule has 0 saturated heterocycles. The van der Waals surface area contributed by atoms with Crippen molar-refractivity contribution in [2.75, 3.05) is 0 Å². The largest absolute Gasteiger partial charge is 0.489 e. The highest BCUT2D eigenvalue weighted by atomic mass is 16.5. The van der Waals surface area contributed by atoms with Crippen molar-refractivity contribution in [3.05, 3.63) is 95.6 Å². The van der Waals surface area contributed by atoms with E-state index >= 15 is 0 Å². The van der Waals surface area contributed by atoms with Crippen LogP contribution in [-0.4, -0.2) is 11.5 Å². The van der Waals surface area contributed by atoms with E-state index in [1.54, 1.807) is 12.1 Å². The van der Waals surface area contributed by atoms with E-state index in [1.165, 1.54) is 0 Å². The maximum Gasteiger partial charge on any atom is 0.251 e. The molecule has 0 saturated carbocycles. The third-order valence-electron chi connectivity index (χ3n) is 5.03. The van der Waals surface area contributed by atoms with Gasteiger partial charge in [-0.15, -0.1) is 0 Å². The zero-order chi connectivity index (χ0) is 20.3. The molecule has 0 bridgehead atoms. The molecule has 0 radical (unpaired) electrons. The minimum atomic E-state index is -0.340. The first-order chi connectivity index (χ1) is 14.0. The zero-order valence-electron chi connectivity index (χ0n) is 16.7. The fourth-order valence-electron chi connectivity index (χ4n) is 3.64. The van der Waals surface area contributed by atoms with Crippen LogP contribution in [0.5, 0.6) is 11.5 Å². The predicted molar refractivity (Wildman–Crippen MR) is 113 cm³/mol. The Kier molecular flexibility index (Phi) is 5.26. The number of para-hydroxylation sites is 1. The van der Waals surface area contributed by atoms with E-state index in [2.05, 4.69) is 5.32 Å². The van der Waals surface area contributed by atoms with Crippen LogP contribution >= 0.6 is 0 Å². The minimum absolute atomic E-state index is 0.101. The molecule has 1 heterocycles. The Balaban J connectivity index is 1.47. The van der Waals surface area contributed by atoms with E-state index in [0.29, 0.717) is 24.3 Å². The van der Waals surface area contributed by atoms with E-state index < -0.39 is 0 Å². The number of fused-ring (bicyclic) bond motifs is 1. The van der Waals surface area contributed by atoms with E-state index in [4.69, 9.17) is 9.47 Å². The van der Waals surface area contributed by atoms with Gasteiger partial charge >= 0.3 is 0 Å².